The van der Waals surface area contributed by atoms with Crippen LogP contribution in [-0.4, -0.2) is 57.9 Å². The number of aromatic nitrogens is 1. The Balaban J connectivity index is 1.59. The first-order valence-electron chi connectivity index (χ1n) is 8.23. The number of thioether (sulfide) groups is 1. The molecule has 3 fully saturated rings. The van der Waals surface area contributed by atoms with Crippen LogP contribution in [0.5, 0.6) is 0 Å². The largest absolute Gasteiger partial charge is 0.337 e. The molecule has 2 bridgehead atoms. The Bertz CT molecular complexity index is 480. The molecule has 3 saturated heterocycles. The lowest BCUT2D eigenvalue weighted by Gasteiger charge is -2.36. The summed E-state index contributed by atoms with van der Waals surface area (Å²) in [5.41, 5.74) is 3.07. The molecular formula is C16H25N3OS2. The monoisotopic (exact) mass is 339 g/mol. The van der Waals surface area contributed by atoms with E-state index in [-0.39, 0.29) is 0 Å². The van der Waals surface area contributed by atoms with Crippen LogP contribution in [0.2, 0.25) is 0 Å². The number of piperidine rings is 1. The fourth-order valence-electron chi connectivity index (χ4n) is 3.55. The first-order chi connectivity index (χ1) is 10.8. The van der Waals surface area contributed by atoms with Crippen LogP contribution < -0.4 is 0 Å². The van der Waals surface area contributed by atoms with Gasteiger partial charge >= 0.3 is 0 Å². The van der Waals surface area contributed by atoms with Gasteiger partial charge in [0.05, 0.1) is 17.0 Å². The predicted molar refractivity (Wildman–Crippen MR) is 93.2 cm³/mol. The molecule has 122 valence electrons. The van der Waals surface area contributed by atoms with Crippen molar-refractivity contribution in [3.8, 4) is 0 Å². The zero-order chi connectivity index (χ0) is 15.4. The summed E-state index contributed by atoms with van der Waals surface area (Å²) in [6, 6.07) is 0.409. The summed E-state index contributed by atoms with van der Waals surface area (Å²) >= 11 is 3.44. The first kappa shape index (κ1) is 16.3. The maximum Gasteiger partial charge on any atom is 0.232 e. The quantitative estimate of drug-likeness (QED) is 0.747. The van der Waals surface area contributed by atoms with E-state index in [0.717, 1.165) is 38.4 Å². The number of fused-ring (bicyclic) bond motifs is 4. The van der Waals surface area contributed by atoms with E-state index in [9.17, 15) is 4.79 Å². The normalized spacial score (nSPS) is 25.4. The smallest absolute Gasteiger partial charge is 0.232 e. The molecule has 1 amide bonds. The van der Waals surface area contributed by atoms with Gasteiger partial charge in [0.1, 0.15) is 0 Å². The van der Waals surface area contributed by atoms with Gasteiger partial charge < -0.3 is 4.90 Å². The number of rotatable bonds is 6. The zero-order valence-corrected chi connectivity index (χ0v) is 14.9. The molecule has 3 aliphatic rings. The van der Waals surface area contributed by atoms with E-state index in [1.165, 1.54) is 18.5 Å². The zero-order valence-electron chi connectivity index (χ0n) is 13.2. The number of hydrogen-bond donors (Lipinski definition) is 0. The van der Waals surface area contributed by atoms with Gasteiger partial charge in [-0.15, -0.1) is 11.3 Å². The highest BCUT2D eigenvalue weighted by atomic mass is 32.2. The summed E-state index contributed by atoms with van der Waals surface area (Å²) in [4.78, 5) is 21.6. The van der Waals surface area contributed by atoms with Crippen LogP contribution in [0.3, 0.4) is 0 Å². The predicted octanol–water partition coefficient (Wildman–Crippen LogP) is 2.71. The molecule has 0 spiro atoms. The number of carbonyl (C=O) groups excluding carboxylic acids is 1. The van der Waals surface area contributed by atoms with E-state index < -0.39 is 0 Å². The molecule has 1 aromatic heterocycles. The molecule has 6 heteroatoms. The summed E-state index contributed by atoms with van der Waals surface area (Å²) in [7, 11) is 0. The second-order valence-corrected chi connectivity index (χ2v) is 8.19. The summed E-state index contributed by atoms with van der Waals surface area (Å²) in [6.45, 7) is 6.19. The molecule has 0 aliphatic carbocycles. The lowest BCUT2D eigenvalue weighted by Crippen LogP contribution is -2.48. The number of carbonyl (C=O) groups is 1. The van der Waals surface area contributed by atoms with Crippen molar-refractivity contribution in [2.24, 2.45) is 5.92 Å². The van der Waals surface area contributed by atoms with E-state index >= 15 is 0 Å². The molecule has 2 atom stereocenters. The molecule has 0 N–H and O–H groups in total. The Morgan fingerprint density at radius 3 is 3.09 bits per heavy atom. The van der Waals surface area contributed by atoms with Crippen molar-refractivity contribution in [1.82, 2.24) is 14.8 Å². The molecule has 1 aromatic rings. The topological polar surface area (TPSA) is 36.4 Å². The second-order valence-electron chi connectivity index (χ2n) is 6.37. The van der Waals surface area contributed by atoms with Crippen molar-refractivity contribution >= 4 is 29.0 Å². The van der Waals surface area contributed by atoms with Gasteiger partial charge in [-0.05, 0) is 30.9 Å². The third-order valence-electron chi connectivity index (χ3n) is 4.55. The molecule has 3 aliphatic heterocycles. The Kier molecular flexibility index (Phi) is 5.77. The van der Waals surface area contributed by atoms with Crippen molar-refractivity contribution in [3.05, 3.63) is 16.6 Å². The van der Waals surface area contributed by atoms with Crippen LogP contribution in [0.25, 0.3) is 0 Å². The first-order valence-corrected chi connectivity index (χ1v) is 10.3. The minimum atomic E-state index is 0.351. The molecule has 0 radical (unpaired) electrons. The van der Waals surface area contributed by atoms with Gasteiger partial charge in [0, 0.05) is 37.6 Å². The summed E-state index contributed by atoms with van der Waals surface area (Å²) in [5.74, 6) is 2.73. The van der Waals surface area contributed by atoms with Gasteiger partial charge in [-0.3, -0.25) is 9.69 Å². The van der Waals surface area contributed by atoms with E-state index in [1.54, 1.807) is 23.1 Å². The highest BCUT2D eigenvalue weighted by Crippen LogP contribution is 2.29. The van der Waals surface area contributed by atoms with Gasteiger partial charge in [-0.25, -0.2) is 4.98 Å². The standard InChI is InChI=1S/C16H25N3OS2/c1-2-5-21-11-16(20)19-7-13-3-4-15(19)9-18(6-13)8-14-10-22-12-17-14/h10,12-13,15H,2-9,11H2,1H3/t13-,15+/m1/s1. The number of nitrogens with zero attached hydrogens (tertiary/aromatic N) is 3. The summed E-state index contributed by atoms with van der Waals surface area (Å²) < 4.78 is 0. The van der Waals surface area contributed by atoms with Gasteiger partial charge in [0.25, 0.3) is 0 Å². The van der Waals surface area contributed by atoms with Gasteiger partial charge in [0.2, 0.25) is 5.91 Å². The van der Waals surface area contributed by atoms with E-state index in [2.05, 4.69) is 27.1 Å². The lowest BCUT2D eigenvalue weighted by atomic mass is 9.95. The van der Waals surface area contributed by atoms with Crippen LogP contribution in [-0.2, 0) is 11.3 Å². The maximum atomic E-state index is 12.5. The number of amides is 1. The highest BCUT2D eigenvalue weighted by Gasteiger charge is 2.36. The third kappa shape index (κ3) is 4.03. The Hall–Kier alpha value is -0.590. The average Bonchev–Trinajstić information content (AvgIpc) is 2.86. The molecule has 4 rings (SSSR count). The van der Waals surface area contributed by atoms with Crippen LogP contribution in [0, 0.1) is 5.92 Å². The minimum Gasteiger partial charge on any atom is -0.337 e. The van der Waals surface area contributed by atoms with Crippen LogP contribution >= 0.6 is 23.1 Å². The van der Waals surface area contributed by atoms with Crippen molar-refractivity contribution in [3.63, 3.8) is 0 Å². The van der Waals surface area contributed by atoms with E-state index in [0.29, 0.717) is 23.6 Å². The second kappa shape index (κ2) is 7.79. The van der Waals surface area contributed by atoms with Crippen molar-refractivity contribution in [1.29, 1.82) is 0 Å². The fraction of sp³-hybridized carbons (Fsp3) is 0.750. The number of hydrogen-bond acceptors (Lipinski definition) is 5. The molecule has 0 saturated carbocycles. The van der Waals surface area contributed by atoms with Gasteiger partial charge in [-0.2, -0.15) is 11.8 Å². The fourth-order valence-corrected chi connectivity index (χ4v) is 4.87. The van der Waals surface area contributed by atoms with E-state index in [4.69, 9.17) is 0 Å². The van der Waals surface area contributed by atoms with Crippen LogP contribution in [0.4, 0.5) is 0 Å². The van der Waals surface area contributed by atoms with Crippen LogP contribution in [0.1, 0.15) is 31.9 Å². The Morgan fingerprint density at radius 2 is 2.32 bits per heavy atom. The summed E-state index contributed by atoms with van der Waals surface area (Å²) in [5, 5.41) is 2.14. The molecule has 0 aromatic carbocycles. The molecule has 4 heterocycles. The third-order valence-corrected chi connectivity index (χ3v) is 6.34. The number of thiazole rings is 1. The Morgan fingerprint density at radius 1 is 1.41 bits per heavy atom. The molecule has 22 heavy (non-hydrogen) atoms. The average molecular weight is 340 g/mol. The highest BCUT2D eigenvalue weighted by molar-refractivity contribution is 7.99. The SMILES string of the molecule is CCCSCC(=O)N1C[C@@H]2CC[C@H]1CN(Cc1cscn1)C2. The van der Waals surface area contributed by atoms with Gasteiger partial charge in [0.15, 0.2) is 0 Å². The molecule has 4 nitrogen and oxygen atoms in total. The van der Waals surface area contributed by atoms with Gasteiger partial charge in [-0.1, -0.05) is 6.92 Å². The van der Waals surface area contributed by atoms with Crippen LogP contribution in [0.15, 0.2) is 10.9 Å². The van der Waals surface area contributed by atoms with E-state index in [1.807, 2.05) is 5.51 Å². The molecular weight excluding hydrogens is 314 g/mol. The maximum absolute atomic E-state index is 12.5. The lowest BCUT2D eigenvalue weighted by molar-refractivity contribution is -0.132. The van der Waals surface area contributed by atoms with Crippen molar-refractivity contribution in [2.75, 3.05) is 31.1 Å². The minimum absolute atomic E-state index is 0.351. The van der Waals surface area contributed by atoms with Crippen molar-refractivity contribution in [2.45, 2.75) is 38.8 Å². The molecule has 0 unspecified atom stereocenters. The Labute approximate surface area is 141 Å². The summed E-state index contributed by atoms with van der Waals surface area (Å²) in [6.07, 6.45) is 3.58. The van der Waals surface area contributed by atoms with Crippen molar-refractivity contribution < 1.29 is 4.79 Å².